The number of aromatic amines is 1. The van der Waals surface area contributed by atoms with Gasteiger partial charge in [0, 0.05) is 0 Å². The minimum absolute atomic E-state index is 0.0504. The highest BCUT2D eigenvalue weighted by Crippen LogP contribution is 2.05. The number of sulfone groups is 1. The van der Waals surface area contributed by atoms with Crippen LogP contribution in [0.15, 0.2) is 6.33 Å². The first-order valence-corrected chi connectivity index (χ1v) is 5.86. The normalized spacial score (nSPS) is 12.2. The molecule has 0 fully saturated rings. The minimum Gasteiger partial charge on any atom is -0.262 e. The Balaban J connectivity index is 2.63. The van der Waals surface area contributed by atoms with E-state index < -0.39 is 9.84 Å². The van der Waals surface area contributed by atoms with E-state index in [0.29, 0.717) is 5.82 Å². The number of nitrogens with zero attached hydrogens (tertiary/aromatic N) is 2. The van der Waals surface area contributed by atoms with Crippen LogP contribution in [0.3, 0.4) is 0 Å². The maximum absolute atomic E-state index is 11.4. The molecule has 0 aliphatic carbocycles. The zero-order valence-corrected chi connectivity index (χ0v) is 8.50. The second-order valence-electron chi connectivity index (χ2n) is 3.38. The molecule has 1 N–H and O–H groups in total. The number of aromatic nitrogens is 3. The molecular weight excluding hydrogens is 190 g/mol. The first-order chi connectivity index (χ1) is 5.99. The molecule has 0 radical (unpaired) electrons. The molecule has 0 saturated heterocycles. The van der Waals surface area contributed by atoms with Crippen molar-refractivity contribution in [1.29, 1.82) is 0 Å². The summed E-state index contributed by atoms with van der Waals surface area (Å²) < 4.78 is 22.8. The van der Waals surface area contributed by atoms with E-state index in [1.165, 1.54) is 6.33 Å². The van der Waals surface area contributed by atoms with Crippen LogP contribution in [0, 0.1) is 5.92 Å². The van der Waals surface area contributed by atoms with Gasteiger partial charge in [-0.2, -0.15) is 5.10 Å². The molecule has 0 aliphatic heterocycles. The van der Waals surface area contributed by atoms with Gasteiger partial charge in [-0.15, -0.1) is 0 Å². The Kier molecular flexibility index (Phi) is 3.02. The van der Waals surface area contributed by atoms with Crippen molar-refractivity contribution in [2.75, 3.05) is 5.75 Å². The van der Waals surface area contributed by atoms with Gasteiger partial charge in [-0.25, -0.2) is 13.4 Å². The number of nitrogens with one attached hydrogen (secondary N) is 1. The van der Waals surface area contributed by atoms with Gasteiger partial charge < -0.3 is 0 Å². The summed E-state index contributed by atoms with van der Waals surface area (Å²) in [7, 11) is -3.04. The molecule has 74 valence electrons. The van der Waals surface area contributed by atoms with E-state index in [9.17, 15) is 8.42 Å². The molecule has 0 saturated carbocycles. The van der Waals surface area contributed by atoms with Crippen molar-refractivity contribution in [3.8, 4) is 0 Å². The summed E-state index contributed by atoms with van der Waals surface area (Å²) >= 11 is 0. The Morgan fingerprint density at radius 3 is 2.69 bits per heavy atom. The summed E-state index contributed by atoms with van der Waals surface area (Å²) in [4.78, 5) is 3.76. The van der Waals surface area contributed by atoms with E-state index in [4.69, 9.17) is 0 Å². The molecule has 0 unspecified atom stereocenters. The Labute approximate surface area is 77.5 Å². The van der Waals surface area contributed by atoms with Crippen molar-refractivity contribution in [1.82, 2.24) is 15.2 Å². The molecule has 5 nitrogen and oxygen atoms in total. The Morgan fingerprint density at radius 2 is 2.23 bits per heavy atom. The van der Waals surface area contributed by atoms with Crippen molar-refractivity contribution in [3.05, 3.63) is 12.2 Å². The zero-order valence-electron chi connectivity index (χ0n) is 7.69. The second-order valence-corrected chi connectivity index (χ2v) is 5.49. The average molecular weight is 203 g/mol. The van der Waals surface area contributed by atoms with E-state index in [2.05, 4.69) is 15.2 Å². The Bertz CT molecular complexity index is 342. The van der Waals surface area contributed by atoms with Crippen LogP contribution in [0.4, 0.5) is 0 Å². The summed E-state index contributed by atoms with van der Waals surface area (Å²) in [6.45, 7) is 3.75. The lowest BCUT2D eigenvalue weighted by Crippen LogP contribution is -2.14. The van der Waals surface area contributed by atoms with Crippen LogP contribution < -0.4 is 0 Å². The molecule has 0 atom stereocenters. The summed E-state index contributed by atoms with van der Waals surface area (Å²) in [5.41, 5.74) is 0. The third-order valence-corrected chi connectivity index (χ3v) is 3.30. The fourth-order valence-electron chi connectivity index (χ4n) is 1.08. The summed E-state index contributed by atoms with van der Waals surface area (Å²) in [6.07, 6.45) is 1.31. The molecule has 0 amide bonds. The molecule has 1 aromatic rings. The van der Waals surface area contributed by atoms with Gasteiger partial charge in [-0.3, -0.25) is 5.10 Å². The zero-order chi connectivity index (χ0) is 9.90. The van der Waals surface area contributed by atoms with E-state index in [-0.39, 0.29) is 17.4 Å². The number of H-pyrrole nitrogens is 1. The van der Waals surface area contributed by atoms with Gasteiger partial charge in [0.1, 0.15) is 17.9 Å². The van der Waals surface area contributed by atoms with Crippen molar-refractivity contribution in [2.45, 2.75) is 19.6 Å². The van der Waals surface area contributed by atoms with Crippen LogP contribution in [0.25, 0.3) is 0 Å². The molecular formula is C7H13N3O2S. The van der Waals surface area contributed by atoms with Gasteiger partial charge >= 0.3 is 0 Å². The van der Waals surface area contributed by atoms with Crippen LogP contribution in [0.1, 0.15) is 19.7 Å². The van der Waals surface area contributed by atoms with E-state index in [0.717, 1.165) is 0 Å². The predicted octanol–water partition coefficient (Wildman–Crippen LogP) is 0.376. The van der Waals surface area contributed by atoms with Gasteiger partial charge in [0.15, 0.2) is 9.84 Å². The standard InChI is InChI=1S/C7H13N3O2S/c1-6(2)3-13(11,12)4-7-8-5-9-10-7/h5-6H,3-4H2,1-2H3,(H,8,9,10). The molecule has 1 aromatic heterocycles. The van der Waals surface area contributed by atoms with Crippen LogP contribution in [-0.2, 0) is 15.6 Å². The third kappa shape index (κ3) is 3.54. The van der Waals surface area contributed by atoms with Gasteiger partial charge in [0.25, 0.3) is 0 Å². The lowest BCUT2D eigenvalue weighted by Gasteiger charge is -2.04. The first kappa shape index (κ1) is 10.2. The maximum atomic E-state index is 11.4. The SMILES string of the molecule is CC(C)CS(=O)(=O)Cc1ncn[nH]1. The fraction of sp³-hybridized carbons (Fsp3) is 0.714. The van der Waals surface area contributed by atoms with Crippen LogP contribution >= 0.6 is 0 Å². The van der Waals surface area contributed by atoms with Crippen LogP contribution in [0.2, 0.25) is 0 Å². The van der Waals surface area contributed by atoms with E-state index in [1.807, 2.05) is 13.8 Å². The predicted molar refractivity (Wildman–Crippen MR) is 48.7 cm³/mol. The smallest absolute Gasteiger partial charge is 0.157 e. The van der Waals surface area contributed by atoms with Gasteiger partial charge in [0.2, 0.25) is 0 Å². The Hall–Kier alpha value is -0.910. The second kappa shape index (κ2) is 3.87. The molecule has 0 spiro atoms. The quantitative estimate of drug-likeness (QED) is 0.767. The van der Waals surface area contributed by atoms with Crippen molar-refractivity contribution < 1.29 is 8.42 Å². The molecule has 13 heavy (non-hydrogen) atoms. The lowest BCUT2D eigenvalue weighted by molar-refractivity contribution is 0.580. The van der Waals surface area contributed by atoms with E-state index >= 15 is 0 Å². The fourth-order valence-corrected chi connectivity index (χ4v) is 2.76. The van der Waals surface area contributed by atoms with Crippen LogP contribution in [0.5, 0.6) is 0 Å². The molecule has 1 heterocycles. The van der Waals surface area contributed by atoms with Crippen LogP contribution in [-0.4, -0.2) is 29.4 Å². The minimum atomic E-state index is -3.04. The molecule has 0 aliphatic rings. The van der Waals surface area contributed by atoms with Crippen molar-refractivity contribution in [3.63, 3.8) is 0 Å². The highest BCUT2D eigenvalue weighted by Gasteiger charge is 2.15. The lowest BCUT2D eigenvalue weighted by atomic mass is 10.3. The number of rotatable bonds is 4. The number of hydrogen-bond acceptors (Lipinski definition) is 4. The first-order valence-electron chi connectivity index (χ1n) is 4.04. The van der Waals surface area contributed by atoms with Gasteiger partial charge in [0.05, 0.1) is 5.75 Å². The molecule has 1 rings (SSSR count). The summed E-state index contributed by atoms with van der Waals surface area (Å²) in [5.74, 6) is 0.687. The molecule has 6 heteroatoms. The monoisotopic (exact) mass is 203 g/mol. The summed E-state index contributed by atoms with van der Waals surface area (Å²) in [5, 5.41) is 6.11. The molecule has 0 aromatic carbocycles. The average Bonchev–Trinajstić information content (AvgIpc) is 2.34. The largest absolute Gasteiger partial charge is 0.262 e. The van der Waals surface area contributed by atoms with Crippen molar-refractivity contribution in [2.24, 2.45) is 5.92 Å². The van der Waals surface area contributed by atoms with Crippen molar-refractivity contribution >= 4 is 9.84 Å². The van der Waals surface area contributed by atoms with Gasteiger partial charge in [-0.1, -0.05) is 13.8 Å². The highest BCUT2D eigenvalue weighted by atomic mass is 32.2. The maximum Gasteiger partial charge on any atom is 0.157 e. The Morgan fingerprint density at radius 1 is 1.54 bits per heavy atom. The highest BCUT2D eigenvalue weighted by molar-refractivity contribution is 7.90. The number of hydrogen-bond donors (Lipinski definition) is 1. The third-order valence-electron chi connectivity index (χ3n) is 1.41. The van der Waals surface area contributed by atoms with Gasteiger partial charge in [-0.05, 0) is 5.92 Å². The topological polar surface area (TPSA) is 75.7 Å². The summed E-state index contributed by atoms with van der Waals surface area (Å²) in [6, 6.07) is 0. The molecule has 0 bridgehead atoms. The van der Waals surface area contributed by atoms with E-state index in [1.54, 1.807) is 0 Å².